The number of nitrogens with one attached hydrogen (secondary N) is 1. The second kappa shape index (κ2) is 5.30. The molecule has 1 atom stereocenters. The molecule has 0 bridgehead atoms. The summed E-state index contributed by atoms with van der Waals surface area (Å²) >= 11 is 0. The Hall–Kier alpha value is -2.20. The van der Waals surface area contributed by atoms with Gasteiger partial charge in [-0.15, -0.1) is 0 Å². The van der Waals surface area contributed by atoms with Gasteiger partial charge in [0, 0.05) is 35.9 Å². The Kier molecular flexibility index (Phi) is 3.16. The molecule has 2 aromatic heterocycles. The van der Waals surface area contributed by atoms with Crippen LogP contribution in [0.4, 0.5) is 0 Å². The highest BCUT2D eigenvalue weighted by molar-refractivity contribution is 5.81. The van der Waals surface area contributed by atoms with Crippen LogP contribution >= 0.6 is 0 Å². The van der Waals surface area contributed by atoms with Crippen LogP contribution < -0.4 is 5.32 Å². The van der Waals surface area contributed by atoms with Gasteiger partial charge >= 0.3 is 0 Å². The van der Waals surface area contributed by atoms with Crippen LogP contribution in [-0.4, -0.2) is 27.6 Å². The number of rotatable bonds is 3. The molecule has 3 aromatic rings. The molecule has 1 aliphatic heterocycles. The number of para-hydroxylation sites is 1. The lowest BCUT2D eigenvalue weighted by molar-refractivity contribution is 0.655. The monoisotopic (exact) mass is 278 g/mol. The van der Waals surface area contributed by atoms with E-state index in [1.807, 2.05) is 24.8 Å². The van der Waals surface area contributed by atoms with Gasteiger partial charge in [0.15, 0.2) is 0 Å². The molecule has 4 heteroatoms. The fourth-order valence-corrected chi connectivity index (χ4v) is 3.19. The molecule has 1 unspecified atom stereocenters. The fraction of sp³-hybridized carbons (Fsp3) is 0.294. The first kappa shape index (κ1) is 12.5. The summed E-state index contributed by atoms with van der Waals surface area (Å²) in [5, 5.41) is 4.62. The van der Waals surface area contributed by atoms with E-state index in [1.165, 1.54) is 23.1 Å². The predicted octanol–water partition coefficient (Wildman–Crippen LogP) is 2.56. The van der Waals surface area contributed by atoms with Crippen LogP contribution in [0.1, 0.15) is 23.6 Å². The molecule has 1 aromatic carbocycles. The van der Waals surface area contributed by atoms with Gasteiger partial charge in [0.25, 0.3) is 0 Å². The first-order chi connectivity index (χ1) is 10.4. The minimum absolute atomic E-state index is 0.579. The van der Waals surface area contributed by atoms with Gasteiger partial charge in [-0.2, -0.15) is 0 Å². The quantitative estimate of drug-likeness (QED) is 0.800. The van der Waals surface area contributed by atoms with E-state index in [4.69, 9.17) is 0 Å². The zero-order valence-electron chi connectivity index (χ0n) is 11.9. The van der Waals surface area contributed by atoms with Gasteiger partial charge in [-0.25, -0.2) is 4.98 Å². The van der Waals surface area contributed by atoms with Crippen molar-refractivity contribution in [3.63, 3.8) is 0 Å². The summed E-state index contributed by atoms with van der Waals surface area (Å²) in [5.74, 6) is 0.579. The van der Waals surface area contributed by atoms with Gasteiger partial charge in [0.05, 0.1) is 18.4 Å². The van der Waals surface area contributed by atoms with Crippen molar-refractivity contribution in [2.45, 2.75) is 18.9 Å². The molecule has 1 aliphatic rings. The lowest BCUT2D eigenvalue weighted by atomic mass is 10.0. The maximum Gasteiger partial charge on any atom is 0.0951 e. The van der Waals surface area contributed by atoms with E-state index < -0.39 is 0 Å². The molecule has 0 aliphatic carbocycles. The number of hydrogen-bond acceptors (Lipinski definition) is 3. The summed E-state index contributed by atoms with van der Waals surface area (Å²) in [6, 6.07) is 10.5. The Bertz CT molecular complexity index is 751. The standard InChI is InChI=1S/C17H18N4/c1-3-13-5-2-7-20-17(13)15(4-1)11-21-12-19-10-16(21)14-6-8-18-9-14/h1-5,7,10,12,14,18H,6,8-9,11H2. The van der Waals surface area contributed by atoms with Crippen LogP contribution in [0.25, 0.3) is 10.9 Å². The molecule has 0 saturated carbocycles. The molecule has 0 radical (unpaired) electrons. The van der Waals surface area contributed by atoms with Crippen LogP contribution in [-0.2, 0) is 6.54 Å². The van der Waals surface area contributed by atoms with E-state index in [2.05, 4.69) is 44.1 Å². The topological polar surface area (TPSA) is 42.7 Å². The van der Waals surface area contributed by atoms with E-state index >= 15 is 0 Å². The van der Waals surface area contributed by atoms with E-state index in [1.54, 1.807) is 0 Å². The van der Waals surface area contributed by atoms with Crippen LogP contribution in [0.15, 0.2) is 49.1 Å². The first-order valence-corrected chi connectivity index (χ1v) is 7.45. The van der Waals surface area contributed by atoms with Crippen molar-refractivity contribution >= 4 is 10.9 Å². The second-order valence-electron chi connectivity index (χ2n) is 5.63. The van der Waals surface area contributed by atoms with Gasteiger partial charge < -0.3 is 9.88 Å². The second-order valence-corrected chi connectivity index (χ2v) is 5.63. The Balaban J connectivity index is 1.71. The summed E-state index contributed by atoms with van der Waals surface area (Å²) in [4.78, 5) is 8.90. The Labute approximate surface area is 123 Å². The SMILES string of the molecule is c1cnc2c(Cn3cncc3C3CCNC3)cccc2c1. The molecule has 1 N–H and O–H groups in total. The van der Waals surface area contributed by atoms with Crippen molar-refractivity contribution in [3.05, 3.63) is 60.3 Å². The summed E-state index contributed by atoms with van der Waals surface area (Å²) in [7, 11) is 0. The Morgan fingerprint density at radius 2 is 2.19 bits per heavy atom. The summed E-state index contributed by atoms with van der Waals surface area (Å²) in [6.45, 7) is 2.99. The van der Waals surface area contributed by atoms with E-state index in [-0.39, 0.29) is 0 Å². The van der Waals surface area contributed by atoms with Gasteiger partial charge in [-0.05, 0) is 24.6 Å². The lowest BCUT2D eigenvalue weighted by Crippen LogP contribution is -2.12. The highest BCUT2D eigenvalue weighted by atomic mass is 15.1. The smallest absolute Gasteiger partial charge is 0.0951 e. The zero-order valence-corrected chi connectivity index (χ0v) is 11.9. The van der Waals surface area contributed by atoms with Crippen LogP contribution in [0.5, 0.6) is 0 Å². The molecule has 0 spiro atoms. The molecule has 1 fully saturated rings. The molecule has 0 amide bonds. The molecule has 4 rings (SSSR count). The van der Waals surface area contributed by atoms with Crippen molar-refractivity contribution < 1.29 is 0 Å². The summed E-state index contributed by atoms with van der Waals surface area (Å²) < 4.78 is 2.26. The molecule has 21 heavy (non-hydrogen) atoms. The molecule has 4 nitrogen and oxygen atoms in total. The molecular weight excluding hydrogens is 260 g/mol. The third-order valence-electron chi connectivity index (χ3n) is 4.28. The van der Waals surface area contributed by atoms with Crippen molar-refractivity contribution in [1.29, 1.82) is 0 Å². The van der Waals surface area contributed by atoms with E-state index in [0.29, 0.717) is 5.92 Å². The van der Waals surface area contributed by atoms with Gasteiger partial charge in [-0.3, -0.25) is 4.98 Å². The maximum atomic E-state index is 4.54. The Morgan fingerprint density at radius 1 is 1.24 bits per heavy atom. The fourth-order valence-electron chi connectivity index (χ4n) is 3.19. The Morgan fingerprint density at radius 3 is 3.10 bits per heavy atom. The first-order valence-electron chi connectivity index (χ1n) is 7.45. The molecule has 1 saturated heterocycles. The van der Waals surface area contributed by atoms with Gasteiger partial charge in [-0.1, -0.05) is 24.3 Å². The minimum Gasteiger partial charge on any atom is -0.330 e. The number of hydrogen-bond donors (Lipinski definition) is 1. The van der Waals surface area contributed by atoms with Crippen molar-refractivity contribution in [1.82, 2.24) is 19.9 Å². The highest BCUT2D eigenvalue weighted by Gasteiger charge is 2.20. The van der Waals surface area contributed by atoms with Crippen molar-refractivity contribution in [2.75, 3.05) is 13.1 Å². The lowest BCUT2D eigenvalue weighted by Gasteiger charge is -2.13. The molecule has 106 valence electrons. The van der Waals surface area contributed by atoms with Crippen LogP contribution in [0.2, 0.25) is 0 Å². The number of pyridine rings is 1. The number of aromatic nitrogens is 3. The molecule has 3 heterocycles. The van der Waals surface area contributed by atoms with E-state index in [0.717, 1.165) is 25.2 Å². The van der Waals surface area contributed by atoms with Crippen LogP contribution in [0, 0.1) is 0 Å². The van der Waals surface area contributed by atoms with Crippen molar-refractivity contribution in [3.8, 4) is 0 Å². The van der Waals surface area contributed by atoms with Crippen LogP contribution in [0.3, 0.4) is 0 Å². The number of fused-ring (bicyclic) bond motifs is 1. The largest absolute Gasteiger partial charge is 0.330 e. The molecular formula is C17H18N4. The average molecular weight is 278 g/mol. The third-order valence-corrected chi connectivity index (χ3v) is 4.28. The summed E-state index contributed by atoms with van der Waals surface area (Å²) in [5.41, 5.74) is 3.66. The van der Waals surface area contributed by atoms with E-state index in [9.17, 15) is 0 Å². The highest BCUT2D eigenvalue weighted by Crippen LogP contribution is 2.24. The number of benzene rings is 1. The average Bonchev–Trinajstić information content (AvgIpc) is 3.18. The third kappa shape index (κ3) is 2.32. The normalized spacial score (nSPS) is 18.4. The zero-order chi connectivity index (χ0) is 14.1. The predicted molar refractivity (Wildman–Crippen MR) is 83.3 cm³/mol. The number of nitrogens with zero attached hydrogens (tertiary/aromatic N) is 3. The maximum absolute atomic E-state index is 4.54. The van der Waals surface area contributed by atoms with Gasteiger partial charge in [0.2, 0.25) is 0 Å². The van der Waals surface area contributed by atoms with Gasteiger partial charge in [0.1, 0.15) is 0 Å². The van der Waals surface area contributed by atoms with Crippen molar-refractivity contribution in [2.24, 2.45) is 0 Å². The summed E-state index contributed by atoms with van der Waals surface area (Å²) in [6.07, 6.45) is 7.01. The minimum atomic E-state index is 0.579. The number of imidazole rings is 1.